The monoisotopic (exact) mass is 603 g/mol. The predicted molar refractivity (Wildman–Crippen MR) is 194 cm³/mol. The molecule has 4 nitrogen and oxygen atoms in total. The predicted octanol–water partition coefficient (Wildman–Crippen LogP) is 10.6. The number of hydrogen-bond acceptors (Lipinski definition) is 4. The normalized spacial score (nSPS) is 14.6. The van der Waals surface area contributed by atoms with Crippen molar-refractivity contribution in [3.8, 4) is 22.3 Å². The van der Waals surface area contributed by atoms with Gasteiger partial charge in [0.15, 0.2) is 5.84 Å². The summed E-state index contributed by atoms with van der Waals surface area (Å²) in [6.45, 7) is 0. The Morgan fingerprint density at radius 3 is 1.96 bits per heavy atom. The van der Waals surface area contributed by atoms with Crippen molar-refractivity contribution in [2.75, 3.05) is 0 Å². The highest BCUT2D eigenvalue weighted by atomic mass is 16.3. The molecule has 0 bridgehead atoms. The van der Waals surface area contributed by atoms with E-state index in [1.165, 1.54) is 10.9 Å². The Labute approximate surface area is 272 Å². The summed E-state index contributed by atoms with van der Waals surface area (Å²) in [7, 11) is 0. The lowest BCUT2D eigenvalue weighted by Gasteiger charge is -2.24. The van der Waals surface area contributed by atoms with Crippen LogP contribution in [0, 0.1) is 0 Å². The van der Waals surface area contributed by atoms with Gasteiger partial charge in [-0.25, -0.2) is 9.98 Å². The number of nitrogens with one attached hydrogen (secondary N) is 1. The molecule has 0 saturated heterocycles. The molecule has 0 aliphatic carbocycles. The first-order valence-electron chi connectivity index (χ1n) is 15.9. The van der Waals surface area contributed by atoms with Gasteiger partial charge < -0.3 is 9.73 Å². The third kappa shape index (κ3) is 4.97. The van der Waals surface area contributed by atoms with Gasteiger partial charge in [0, 0.05) is 21.9 Å². The van der Waals surface area contributed by atoms with Crippen LogP contribution in [0.3, 0.4) is 0 Å². The van der Waals surface area contributed by atoms with Crippen LogP contribution in [0.4, 0.5) is 0 Å². The van der Waals surface area contributed by atoms with Crippen LogP contribution in [-0.4, -0.2) is 11.7 Å². The zero-order valence-corrected chi connectivity index (χ0v) is 25.5. The topological polar surface area (TPSA) is 49.9 Å². The van der Waals surface area contributed by atoms with Crippen molar-refractivity contribution in [2.24, 2.45) is 9.98 Å². The van der Waals surface area contributed by atoms with Gasteiger partial charge >= 0.3 is 0 Å². The highest BCUT2D eigenvalue weighted by Gasteiger charge is 2.21. The molecular formula is C43H29N3O. The maximum atomic E-state index is 6.40. The minimum atomic E-state index is -0.270. The van der Waals surface area contributed by atoms with Gasteiger partial charge in [0.25, 0.3) is 0 Å². The first-order chi connectivity index (χ1) is 23.3. The zero-order chi connectivity index (χ0) is 31.2. The first kappa shape index (κ1) is 27.1. The number of amidine groups is 2. The van der Waals surface area contributed by atoms with Gasteiger partial charge in [-0.2, -0.15) is 0 Å². The van der Waals surface area contributed by atoms with E-state index in [1.54, 1.807) is 0 Å². The quantitative estimate of drug-likeness (QED) is 0.213. The number of furan rings is 1. The summed E-state index contributed by atoms with van der Waals surface area (Å²) in [5.74, 6) is 1.54. The molecule has 1 atom stereocenters. The van der Waals surface area contributed by atoms with E-state index in [-0.39, 0.29) is 6.17 Å². The van der Waals surface area contributed by atoms with E-state index >= 15 is 0 Å². The van der Waals surface area contributed by atoms with Gasteiger partial charge in [-0.1, -0.05) is 133 Å². The van der Waals surface area contributed by atoms with Gasteiger partial charge in [0.1, 0.15) is 23.2 Å². The molecule has 0 spiro atoms. The molecule has 7 aromatic carbocycles. The molecule has 222 valence electrons. The number of hydrogen-bond donors (Lipinski definition) is 1. The van der Waals surface area contributed by atoms with E-state index in [0.717, 1.165) is 72.4 Å². The number of nitrogens with zero attached hydrogens (tertiary/aromatic N) is 2. The molecule has 8 aromatic rings. The lowest BCUT2D eigenvalue weighted by Crippen LogP contribution is -2.33. The molecule has 1 N–H and O–H groups in total. The van der Waals surface area contributed by atoms with E-state index in [9.17, 15) is 0 Å². The smallest absolute Gasteiger partial charge is 0.159 e. The molecule has 0 fully saturated rings. The van der Waals surface area contributed by atoms with Crippen LogP contribution >= 0.6 is 0 Å². The Morgan fingerprint density at radius 2 is 1.17 bits per heavy atom. The molecule has 0 saturated carbocycles. The molecule has 1 unspecified atom stereocenters. The van der Waals surface area contributed by atoms with Crippen LogP contribution in [0.2, 0.25) is 0 Å². The maximum absolute atomic E-state index is 6.40. The summed E-state index contributed by atoms with van der Waals surface area (Å²) in [6.07, 6.45) is -0.270. The van der Waals surface area contributed by atoms with Crippen LogP contribution in [-0.2, 0) is 0 Å². The summed E-state index contributed by atoms with van der Waals surface area (Å²) in [4.78, 5) is 9.98. The Morgan fingerprint density at radius 1 is 0.489 bits per heavy atom. The Kier molecular flexibility index (Phi) is 6.50. The number of benzene rings is 7. The van der Waals surface area contributed by atoms with Crippen LogP contribution in [0.15, 0.2) is 178 Å². The highest BCUT2D eigenvalue weighted by molar-refractivity contribution is 6.14. The van der Waals surface area contributed by atoms with Gasteiger partial charge in [-0.05, 0) is 68.9 Å². The number of rotatable bonds is 5. The first-order valence-corrected chi connectivity index (χ1v) is 15.9. The summed E-state index contributed by atoms with van der Waals surface area (Å²) < 4.78 is 6.40. The second-order valence-electron chi connectivity index (χ2n) is 11.9. The lowest BCUT2D eigenvalue weighted by molar-refractivity contribution is 0.669. The van der Waals surface area contributed by atoms with E-state index < -0.39 is 0 Å². The molecule has 1 aromatic heterocycles. The highest BCUT2D eigenvalue weighted by Crippen LogP contribution is 2.39. The molecule has 1 aliphatic heterocycles. The van der Waals surface area contributed by atoms with Crippen LogP contribution in [0.25, 0.3) is 55.0 Å². The average Bonchev–Trinajstić information content (AvgIpc) is 3.53. The van der Waals surface area contributed by atoms with E-state index in [1.807, 2.05) is 42.5 Å². The van der Waals surface area contributed by atoms with Gasteiger partial charge in [0.05, 0.1) is 0 Å². The number of fused-ring (bicyclic) bond motifs is 4. The van der Waals surface area contributed by atoms with Gasteiger partial charge in [-0.15, -0.1) is 0 Å². The average molecular weight is 604 g/mol. The largest absolute Gasteiger partial charge is 0.456 e. The summed E-state index contributed by atoms with van der Waals surface area (Å²) in [5.41, 5.74) is 9.54. The standard InChI is InChI=1S/C43H29N3O/c1-4-11-28(12-5-1)33-23-24-37-39(27-33)47-38-18-10-17-36(40(37)38)34-21-19-32-26-35(22-20-31(32)25-34)43-45-41(29-13-6-2-7-14-29)44-42(46-43)30-15-8-3-9-16-30/h1-27,43H,(H,44,45,46). The SMILES string of the molecule is c1ccc(C2=NC(c3ccc4cc(-c5cccc6oc7cc(-c8ccccc8)ccc7c56)ccc4c3)NC(c3ccccc3)=N2)cc1. The fourth-order valence-corrected chi connectivity index (χ4v) is 6.56. The van der Waals surface area contributed by atoms with Crippen molar-refractivity contribution in [3.05, 3.63) is 180 Å². The minimum Gasteiger partial charge on any atom is -0.456 e. The summed E-state index contributed by atoms with van der Waals surface area (Å²) in [6, 6.07) is 57.0. The van der Waals surface area contributed by atoms with Crippen molar-refractivity contribution in [1.29, 1.82) is 0 Å². The van der Waals surface area contributed by atoms with E-state index in [4.69, 9.17) is 14.4 Å². The fraction of sp³-hybridized carbons (Fsp3) is 0.0233. The van der Waals surface area contributed by atoms with Crippen molar-refractivity contribution >= 4 is 44.4 Å². The summed E-state index contributed by atoms with van der Waals surface area (Å²) in [5, 5.41) is 8.18. The Hall–Kier alpha value is -6.26. The Bertz CT molecular complexity index is 2480. The molecule has 0 radical (unpaired) electrons. The maximum Gasteiger partial charge on any atom is 0.159 e. The van der Waals surface area contributed by atoms with Crippen molar-refractivity contribution < 1.29 is 4.42 Å². The summed E-state index contributed by atoms with van der Waals surface area (Å²) >= 11 is 0. The van der Waals surface area contributed by atoms with Crippen molar-refractivity contribution in [2.45, 2.75) is 6.17 Å². The van der Waals surface area contributed by atoms with Crippen LogP contribution in [0.5, 0.6) is 0 Å². The molecule has 9 rings (SSSR count). The fourth-order valence-electron chi connectivity index (χ4n) is 6.56. The van der Waals surface area contributed by atoms with Crippen molar-refractivity contribution in [1.82, 2.24) is 5.32 Å². The minimum absolute atomic E-state index is 0.270. The Balaban J connectivity index is 1.09. The number of aliphatic imine (C=N–C) groups is 2. The van der Waals surface area contributed by atoms with Crippen LogP contribution < -0.4 is 5.32 Å². The molecule has 2 heterocycles. The third-order valence-corrected chi connectivity index (χ3v) is 8.92. The second-order valence-corrected chi connectivity index (χ2v) is 11.9. The second kappa shape index (κ2) is 11.3. The van der Waals surface area contributed by atoms with E-state index in [0.29, 0.717) is 0 Å². The zero-order valence-electron chi connectivity index (χ0n) is 25.5. The van der Waals surface area contributed by atoms with Gasteiger partial charge in [-0.3, -0.25) is 0 Å². The van der Waals surface area contributed by atoms with Crippen LogP contribution in [0.1, 0.15) is 22.9 Å². The molecule has 1 aliphatic rings. The van der Waals surface area contributed by atoms with E-state index in [2.05, 4.69) is 127 Å². The van der Waals surface area contributed by atoms with Crippen molar-refractivity contribution in [3.63, 3.8) is 0 Å². The third-order valence-electron chi connectivity index (χ3n) is 8.92. The molecule has 47 heavy (non-hydrogen) atoms. The molecule has 4 heteroatoms. The lowest BCUT2D eigenvalue weighted by atomic mass is 9.95. The van der Waals surface area contributed by atoms with Gasteiger partial charge in [0.2, 0.25) is 0 Å². The molecular weight excluding hydrogens is 574 g/mol. The molecule has 0 amide bonds.